The van der Waals surface area contributed by atoms with Crippen molar-refractivity contribution in [1.82, 2.24) is 29.8 Å². The molecule has 1 amide bonds. The average molecular weight is 542 g/mol. The SMILES string of the molecule is CCN(CC)[C@@H](C)CNC(=O)c1cc(NS(=O)(=O)CC)nc(-c2cnn3ccc(-c4cccs4)nc23)c1. The highest BCUT2D eigenvalue weighted by molar-refractivity contribution is 7.92. The fourth-order valence-electron chi connectivity index (χ4n) is 4.01. The lowest BCUT2D eigenvalue weighted by molar-refractivity contribution is 0.0938. The summed E-state index contributed by atoms with van der Waals surface area (Å²) in [6.07, 6.45) is 3.43. The van der Waals surface area contributed by atoms with Crippen LogP contribution < -0.4 is 10.0 Å². The topological polar surface area (TPSA) is 122 Å². The number of anilines is 1. The van der Waals surface area contributed by atoms with Gasteiger partial charge in [0.25, 0.3) is 5.91 Å². The van der Waals surface area contributed by atoms with Gasteiger partial charge >= 0.3 is 0 Å². The standard InChI is InChI=1S/C25H31N7O3S2/c1-5-31(6-2)17(4)15-26-25(33)18-13-21(28-23(14-18)30-37(34,35)7-3)19-16-27-32-11-10-20(29-24(19)32)22-9-8-12-36-22/h8-14,16-17H,5-7,15H2,1-4H3,(H,26,33)(H,28,30)/t17-/m0/s1. The lowest BCUT2D eigenvalue weighted by Crippen LogP contribution is -2.42. The normalized spacial score (nSPS) is 12.7. The zero-order chi connectivity index (χ0) is 26.6. The second-order valence-corrected chi connectivity index (χ2v) is 11.5. The van der Waals surface area contributed by atoms with Gasteiger partial charge in [-0.1, -0.05) is 19.9 Å². The highest BCUT2D eigenvalue weighted by Crippen LogP contribution is 2.28. The number of fused-ring (bicyclic) bond motifs is 1. The van der Waals surface area contributed by atoms with Crippen LogP contribution in [0.1, 0.15) is 38.1 Å². The van der Waals surface area contributed by atoms with E-state index in [-0.39, 0.29) is 23.5 Å². The van der Waals surface area contributed by atoms with Gasteiger partial charge in [0, 0.05) is 24.3 Å². The van der Waals surface area contributed by atoms with Crippen molar-refractivity contribution in [3.05, 3.63) is 53.7 Å². The van der Waals surface area contributed by atoms with Gasteiger partial charge in [0.15, 0.2) is 5.65 Å². The van der Waals surface area contributed by atoms with Gasteiger partial charge in [-0.2, -0.15) is 5.10 Å². The molecule has 0 aliphatic rings. The van der Waals surface area contributed by atoms with E-state index < -0.39 is 10.0 Å². The second-order valence-electron chi connectivity index (χ2n) is 8.53. The molecule has 0 saturated carbocycles. The Morgan fingerprint density at radius 2 is 1.92 bits per heavy atom. The Hall–Kier alpha value is -3.35. The molecule has 4 heterocycles. The number of pyridine rings is 1. The summed E-state index contributed by atoms with van der Waals surface area (Å²) in [5, 5.41) is 9.33. The molecule has 0 aromatic carbocycles. The minimum absolute atomic E-state index is 0.0649. The van der Waals surface area contributed by atoms with Gasteiger partial charge < -0.3 is 5.32 Å². The Labute approximate surface area is 220 Å². The van der Waals surface area contributed by atoms with Gasteiger partial charge in [0.05, 0.1) is 33.8 Å². The van der Waals surface area contributed by atoms with Crippen LogP contribution >= 0.6 is 11.3 Å². The van der Waals surface area contributed by atoms with Gasteiger partial charge in [0.2, 0.25) is 10.0 Å². The van der Waals surface area contributed by atoms with E-state index in [1.54, 1.807) is 28.1 Å². The number of nitrogens with zero attached hydrogens (tertiary/aromatic N) is 5. The Balaban J connectivity index is 1.73. The zero-order valence-electron chi connectivity index (χ0n) is 21.3. The second kappa shape index (κ2) is 11.4. The van der Waals surface area contributed by atoms with Crippen LogP contribution in [0, 0.1) is 0 Å². The molecule has 0 fully saturated rings. The van der Waals surface area contributed by atoms with E-state index in [9.17, 15) is 13.2 Å². The molecule has 0 aliphatic carbocycles. The maximum Gasteiger partial charge on any atom is 0.251 e. The van der Waals surface area contributed by atoms with Crippen LogP contribution in [0.15, 0.2) is 48.1 Å². The fraction of sp³-hybridized carbons (Fsp3) is 0.360. The number of aromatic nitrogens is 4. The van der Waals surface area contributed by atoms with Crippen molar-refractivity contribution in [2.24, 2.45) is 0 Å². The molecule has 0 radical (unpaired) electrons. The third-order valence-electron chi connectivity index (χ3n) is 6.14. The van der Waals surface area contributed by atoms with Crippen LogP contribution in [0.4, 0.5) is 5.82 Å². The number of carbonyl (C=O) groups is 1. The van der Waals surface area contributed by atoms with E-state index in [2.05, 4.69) is 45.8 Å². The molecule has 0 unspecified atom stereocenters. The van der Waals surface area contributed by atoms with E-state index >= 15 is 0 Å². The van der Waals surface area contributed by atoms with Gasteiger partial charge in [-0.05, 0) is 56.6 Å². The number of hydrogen-bond donors (Lipinski definition) is 2. The summed E-state index contributed by atoms with van der Waals surface area (Å²) in [7, 11) is -3.61. The monoisotopic (exact) mass is 541 g/mol. The largest absolute Gasteiger partial charge is 0.350 e. The molecule has 0 bridgehead atoms. The van der Waals surface area contributed by atoms with E-state index in [0.717, 1.165) is 23.7 Å². The number of sulfonamides is 1. The molecule has 10 nitrogen and oxygen atoms in total. The molecular weight excluding hydrogens is 510 g/mol. The molecule has 4 rings (SSSR count). The summed E-state index contributed by atoms with van der Waals surface area (Å²) in [5.41, 5.74) is 2.61. The predicted molar refractivity (Wildman–Crippen MR) is 147 cm³/mol. The van der Waals surface area contributed by atoms with E-state index in [1.807, 2.05) is 29.8 Å². The van der Waals surface area contributed by atoms with Crippen molar-refractivity contribution in [2.75, 3.05) is 30.1 Å². The number of rotatable bonds is 11. The van der Waals surface area contributed by atoms with E-state index in [1.165, 1.54) is 13.0 Å². The lowest BCUT2D eigenvalue weighted by atomic mass is 10.1. The number of likely N-dealkylation sites (N-methyl/N-ethyl adjacent to an activating group) is 1. The van der Waals surface area contributed by atoms with Crippen molar-refractivity contribution in [2.45, 2.75) is 33.7 Å². The van der Waals surface area contributed by atoms with Gasteiger partial charge in [-0.3, -0.25) is 14.4 Å². The maximum absolute atomic E-state index is 13.2. The molecule has 0 saturated heterocycles. The highest BCUT2D eigenvalue weighted by atomic mass is 32.2. The molecule has 1 atom stereocenters. The smallest absolute Gasteiger partial charge is 0.251 e. The number of nitrogens with one attached hydrogen (secondary N) is 2. The van der Waals surface area contributed by atoms with Crippen LogP contribution in [0.3, 0.4) is 0 Å². The van der Waals surface area contributed by atoms with E-state index in [4.69, 9.17) is 4.98 Å². The van der Waals surface area contributed by atoms with Crippen LogP contribution in [0.2, 0.25) is 0 Å². The Morgan fingerprint density at radius 1 is 1.14 bits per heavy atom. The van der Waals surface area contributed by atoms with Crippen LogP contribution in [-0.2, 0) is 10.0 Å². The molecule has 0 aliphatic heterocycles. The summed E-state index contributed by atoms with van der Waals surface area (Å²) in [6.45, 7) is 9.97. The minimum Gasteiger partial charge on any atom is -0.350 e. The molecule has 0 spiro atoms. The first-order valence-electron chi connectivity index (χ1n) is 12.2. The lowest BCUT2D eigenvalue weighted by Gasteiger charge is -2.26. The van der Waals surface area contributed by atoms with Crippen molar-refractivity contribution in [3.8, 4) is 21.8 Å². The Kier molecular flexibility index (Phi) is 8.20. The van der Waals surface area contributed by atoms with Crippen LogP contribution in [0.25, 0.3) is 27.5 Å². The average Bonchev–Trinajstić information content (AvgIpc) is 3.57. The molecular formula is C25H31N7O3S2. The first-order chi connectivity index (χ1) is 17.7. The van der Waals surface area contributed by atoms with Crippen molar-refractivity contribution < 1.29 is 13.2 Å². The quantitative estimate of drug-likeness (QED) is 0.297. The van der Waals surface area contributed by atoms with Crippen molar-refractivity contribution in [1.29, 1.82) is 0 Å². The number of thiophene rings is 1. The Morgan fingerprint density at radius 3 is 2.59 bits per heavy atom. The number of amides is 1. The highest BCUT2D eigenvalue weighted by Gasteiger charge is 2.19. The molecule has 196 valence electrons. The molecule has 12 heteroatoms. The minimum atomic E-state index is -3.61. The summed E-state index contributed by atoms with van der Waals surface area (Å²) in [4.78, 5) is 25.7. The summed E-state index contributed by atoms with van der Waals surface area (Å²) < 4.78 is 28.7. The van der Waals surface area contributed by atoms with Crippen LogP contribution in [-0.4, -0.2) is 70.2 Å². The fourth-order valence-corrected chi connectivity index (χ4v) is 5.28. The third kappa shape index (κ3) is 6.14. The molecule has 4 aromatic heterocycles. The first kappa shape index (κ1) is 26.7. The van der Waals surface area contributed by atoms with Crippen molar-refractivity contribution in [3.63, 3.8) is 0 Å². The Bertz CT molecular complexity index is 1480. The molecule has 37 heavy (non-hydrogen) atoms. The summed E-state index contributed by atoms with van der Waals surface area (Å²) in [5.74, 6) is -0.372. The summed E-state index contributed by atoms with van der Waals surface area (Å²) in [6, 6.07) is 9.06. The number of carbonyl (C=O) groups excluding carboxylic acids is 1. The van der Waals surface area contributed by atoms with E-state index in [0.29, 0.717) is 29.0 Å². The maximum atomic E-state index is 13.2. The first-order valence-corrected chi connectivity index (χ1v) is 14.7. The number of hydrogen-bond acceptors (Lipinski definition) is 8. The predicted octanol–water partition coefficient (Wildman–Crippen LogP) is 3.74. The molecule has 4 aromatic rings. The van der Waals surface area contributed by atoms with Crippen LogP contribution in [0.5, 0.6) is 0 Å². The molecule has 2 N–H and O–H groups in total. The third-order valence-corrected chi connectivity index (χ3v) is 8.31. The summed E-state index contributed by atoms with van der Waals surface area (Å²) >= 11 is 1.58. The zero-order valence-corrected chi connectivity index (χ0v) is 22.9. The van der Waals surface area contributed by atoms with Gasteiger partial charge in [-0.25, -0.2) is 22.9 Å². The van der Waals surface area contributed by atoms with Crippen molar-refractivity contribution >= 4 is 38.7 Å². The van der Waals surface area contributed by atoms with Gasteiger partial charge in [0.1, 0.15) is 5.82 Å². The van der Waals surface area contributed by atoms with Gasteiger partial charge in [-0.15, -0.1) is 11.3 Å².